The largest absolute Gasteiger partial charge is 0.457 e. The van der Waals surface area contributed by atoms with Crippen molar-refractivity contribution in [2.24, 2.45) is 0 Å². The second-order valence-corrected chi connectivity index (χ2v) is 8.24. The Hall–Kier alpha value is -1.87. The van der Waals surface area contributed by atoms with Gasteiger partial charge in [0, 0.05) is 6.42 Å². The quantitative estimate of drug-likeness (QED) is 0.646. The first-order chi connectivity index (χ1) is 13.6. The lowest BCUT2D eigenvalue weighted by atomic mass is 9.87. The van der Waals surface area contributed by atoms with E-state index < -0.39 is 12.2 Å². The van der Waals surface area contributed by atoms with Crippen LogP contribution in [0.1, 0.15) is 88.2 Å². The van der Waals surface area contributed by atoms with Gasteiger partial charge in [-0.2, -0.15) is 0 Å². The number of aliphatic hydroxyl groups excluding tert-OH is 1. The molecule has 3 nitrogen and oxygen atoms in total. The van der Waals surface area contributed by atoms with Crippen molar-refractivity contribution in [3.05, 3.63) is 48.0 Å². The maximum Gasteiger partial charge on any atom is 0.309 e. The van der Waals surface area contributed by atoms with Crippen LogP contribution in [0.2, 0.25) is 0 Å². The van der Waals surface area contributed by atoms with Gasteiger partial charge in [-0.3, -0.25) is 4.79 Å². The Morgan fingerprint density at radius 1 is 1.00 bits per heavy atom. The number of cyclic esters (lactones) is 1. The molecule has 152 valence electrons. The first-order valence-electron chi connectivity index (χ1n) is 11.0. The van der Waals surface area contributed by atoms with Crippen LogP contribution in [-0.4, -0.2) is 23.3 Å². The van der Waals surface area contributed by atoms with Crippen molar-refractivity contribution < 1.29 is 14.6 Å². The number of carbonyl (C=O) groups is 1. The Morgan fingerprint density at radius 2 is 1.68 bits per heavy atom. The molecule has 2 unspecified atom stereocenters. The molecule has 0 spiro atoms. The van der Waals surface area contributed by atoms with Gasteiger partial charge >= 0.3 is 5.97 Å². The van der Waals surface area contributed by atoms with E-state index in [9.17, 15) is 9.90 Å². The number of benzene rings is 1. The van der Waals surface area contributed by atoms with E-state index in [1.165, 1.54) is 62.5 Å². The minimum absolute atomic E-state index is 0.0799. The van der Waals surface area contributed by atoms with E-state index in [-0.39, 0.29) is 12.4 Å². The first kappa shape index (κ1) is 20.9. The third-order valence-corrected chi connectivity index (χ3v) is 5.96. The number of ether oxygens (including phenoxy) is 1. The molecule has 0 bridgehead atoms. The van der Waals surface area contributed by atoms with Gasteiger partial charge in [0.25, 0.3) is 0 Å². The van der Waals surface area contributed by atoms with E-state index in [0.29, 0.717) is 6.42 Å². The maximum atomic E-state index is 11.8. The number of hydrogen-bond donors (Lipinski definition) is 1. The molecule has 1 N–H and O–H groups in total. The number of rotatable bonds is 3. The molecular formula is C25H34O3. The Bertz CT molecular complexity index is 703. The summed E-state index contributed by atoms with van der Waals surface area (Å²) in [5, 5.41) is 9.99. The van der Waals surface area contributed by atoms with Crippen molar-refractivity contribution in [1.82, 2.24) is 0 Å². The van der Waals surface area contributed by atoms with E-state index >= 15 is 0 Å². The number of esters is 1. The highest BCUT2D eigenvalue weighted by molar-refractivity contribution is 5.82. The molecule has 0 radical (unpaired) electrons. The molecule has 28 heavy (non-hydrogen) atoms. The van der Waals surface area contributed by atoms with Crippen molar-refractivity contribution in [1.29, 1.82) is 0 Å². The zero-order valence-corrected chi connectivity index (χ0v) is 17.0. The third kappa shape index (κ3) is 5.81. The lowest BCUT2D eigenvalue weighted by Gasteiger charge is -2.28. The number of carbonyl (C=O) groups excluding carboxylic acids is 1. The van der Waals surface area contributed by atoms with E-state index in [1.807, 2.05) is 6.07 Å². The molecular weight excluding hydrogens is 348 g/mol. The van der Waals surface area contributed by atoms with Crippen molar-refractivity contribution in [3.63, 3.8) is 0 Å². The molecule has 1 aliphatic heterocycles. The summed E-state index contributed by atoms with van der Waals surface area (Å²) in [5.74, 6) is -0.340. The molecule has 0 amide bonds. The lowest BCUT2D eigenvalue weighted by Crippen LogP contribution is -2.33. The first-order valence-corrected chi connectivity index (χ1v) is 11.0. The van der Waals surface area contributed by atoms with Crippen molar-refractivity contribution in [2.75, 3.05) is 0 Å². The van der Waals surface area contributed by atoms with Crippen LogP contribution >= 0.6 is 0 Å². The zero-order chi connectivity index (χ0) is 19.8. The van der Waals surface area contributed by atoms with Gasteiger partial charge in [-0.15, -0.1) is 0 Å². The van der Waals surface area contributed by atoms with E-state index in [1.54, 1.807) is 0 Å². The Balaban J connectivity index is 1.82. The van der Waals surface area contributed by atoms with Gasteiger partial charge in [0.15, 0.2) is 0 Å². The molecule has 1 heterocycles. The van der Waals surface area contributed by atoms with Gasteiger partial charge in [0.1, 0.15) is 6.10 Å². The average Bonchev–Trinajstić information content (AvgIpc) is 2.67. The molecule has 0 saturated carbocycles. The second kappa shape index (κ2) is 10.6. The topological polar surface area (TPSA) is 46.5 Å². The minimum atomic E-state index is -0.643. The number of aliphatic hydroxyl groups is 1. The van der Waals surface area contributed by atoms with Gasteiger partial charge in [-0.25, -0.2) is 0 Å². The van der Waals surface area contributed by atoms with Crippen LogP contribution < -0.4 is 0 Å². The van der Waals surface area contributed by atoms with Crippen molar-refractivity contribution >= 4 is 17.1 Å². The van der Waals surface area contributed by atoms with Gasteiger partial charge in [0.2, 0.25) is 0 Å². The highest BCUT2D eigenvalue weighted by Gasteiger charge is 2.30. The zero-order valence-electron chi connectivity index (χ0n) is 17.0. The maximum absolute atomic E-state index is 11.8. The highest BCUT2D eigenvalue weighted by Crippen LogP contribution is 2.34. The smallest absolute Gasteiger partial charge is 0.309 e. The van der Waals surface area contributed by atoms with Crippen LogP contribution in [0.5, 0.6) is 0 Å². The van der Waals surface area contributed by atoms with Crippen LogP contribution in [0.4, 0.5) is 0 Å². The predicted molar refractivity (Wildman–Crippen MR) is 115 cm³/mol. The molecule has 1 fully saturated rings. The fourth-order valence-corrected chi connectivity index (χ4v) is 4.35. The summed E-state index contributed by atoms with van der Waals surface area (Å²) in [5.41, 5.74) is 4.45. The van der Waals surface area contributed by atoms with Crippen LogP contribution in [0.3, 0.4) is 0 Å². The van der Waals surface area contributed by atoms with Gasteiger partial charge in [-0.1, -0.05) is 75.4 Å². The van der Waals surface area contributed by atoms with Crippen LogP contribution in [0, 0.1) is 0 Å². The number of allylic oxidation sites excluding steroid dienone is 2. The van der Waals surface area contributed by atoms with Crippen LogP contribution in [-0.2, 0) is 9.53 Å². The Kier molecular flexibility index (Phi) is 7.90. The summed E-state index contributed by atoms with van der Waals surface area (Å²) in [6.45, 7) is 4.26. The fraction of sp³-hybridized carbons (Fsp3) is 0.560. The number of hydrogen-bond acceptors (Lipinski definition) is 3. The SMILES string of the molecule is C=C(c1ccccc1/C1=C\CCCCCCCCCC1)C1CC(O)CC(=O)O1. The second-order valence-electron chi connectivity index (χ2n) is 8.24. The lowest BCUT2D eigenvalue weighted by molar-refractivity contribution is -0.155. The van der Waals surface area contributed by atoms with Gasteiger partial charge in [-0.05, 0) is 48.0 Å². The monoisotopic (exact) mass is 382 g/mol. The molecule has 1 saturated heterocycles. The fourth-order valence-electron chi connectivity index (χ4n) is 4.35. The summed E-state index contributed by atoms with van der Waals surface area (Å²) in [6.07, 6.45) is 14.5. The van der Waals surface area contributed by atoms with E-state index in [4.69, 9.17) is 4.74 Å². The molecule has 3 heteroatoms. The molecule has 2 aliphatic rings. The molecule has 0 aromatic heterocycles. The average molecular weight is 383 g/mol. The summed E-state index contributed by atoms with van der Waals surface area (Å²) < 4.78 is 5.51. The Labute approximate surface area is 169 Å². The van der Waals surface area contributed by atoms with Gasteiger partial charge in [0.05, 0.1) is 12.5 Å². The summed E-state index contributed by atoms with van der Waals surface area (Å²) >= 11 is 0. The van der Waals surface area contributed by atoms with Gasteiger partial charge < -0.3 is 9.84 Å². The Morgan fingerprint density at radius 3 is 2.43 bits per heavy atom. The van der Waals surface area contributed by atoms with Crippen LogP contribution in [0.15, 0.2) is 36.9 Å². The highest BCUT2D eigenvalue weighted by atomic mass is 16.5. The normalized spacial score (nSPS) is 26.9. The summed E-state index contributed by atoms with van der Waals surface area (Å²) in [4.78, 5) is 11.8. The standard InChI is InChI=1S/C25H34O3/c1-19(24-17-21(26)18-25(27)28-24)22-15-11-12-16-23(22)20-13-9-7-5-3-2-4-6-8-10-14-20/h11-13,15-16,21,24,26H,1-10,14,17-18H2/b20-13-. The van der Waals surface area contributed by atoms with E-state index in [0.717, 1.165) is 24.0 Å². The summed E-state index contributed by atoms with van der Waals surface area (Å²) in [7, 11) is 0. The van der Waals surface area contributed by atoms with E-state index in [2.05, 4.69) is 30.9 Å². The molecule has 3 rings (SSSR count). The molecule has 1 aromatic rings. The minimum Gasteiger partial charge on any atom is -0.457 e. The molecule has 1 aromatic carbocycles. The van der Waals surface area contributed by atoms with Crippen molar-refractivity contribution in [2.45, 2.75) is 89.3 Å². The van der Waals surface area contributed by atoms with Crippen molar-refractivity contribution in [3.8, 4) is 0 Å². The van der Waals surface area contributed by atoms with Crippen LogP contribution in [0.25, 0.3) is 11.1 Å². The predicted octanol–water partition coefficient (Wildman–Crippen LogP) is 6.06. The summed E-state index contributed by atoms with van der Waals surface area (Å²) in [6, 6.07) is 8.33. The molecule has 2 atom stereocenters. The third-order valence-electron chi connectivity index (χ3n) is 5.96. The molecule has 1 aliphatic carbocycles.